The van der Waals surface area contributed by atoms with E-state index in [1.54, 1.807) is 14.2 Å². The minimum absolute atomic E-state index is 0.0651. The molecule has 2 saturated carbocycles. The van der Waals surface area contributed by atoms with E-state index in [-0.39, 0.29) is 4.87 Å². The molecule has 25 heavy (non-hydrogen) atoms. The van der Waals surface area contributed by atoms with Crippen molar-refractivity contribution in [2.45, 2.75) is 35.5 Å². The van der Waals surface area contributed by atoms with Crippen molar-refractivity contribution < 1.29 is 9.47 Å². The van der Waals surface area contributed by atoms with Crippen molar-refractivity contribution in [1.82, 2.24) is 4.98 Å². The third-order valence-electron chi connectivity index (χ3n) is 6.23. The van der Waals surface area contributed by atoms with Crippen LogP contribution in [-0.4, -0.2) is 24.5 Å². The van der Waals surface area contributed by atoms with Crippen LogP contribution in [0.3, 0.4) is 0 Å². The van der Waals surface area contributed by atoms with Gasteiger partial charge in [0.05, 0.1) is 19.2 Å². The van der Waals surface area contributed by atoms with Gasteiger partial charge in [-0.05, 0) is 54.7 Å². The second-order valence-corrected chi connectivity index (χ2v) is 9.50. The average Bonchev–Trinajstić information content (AvgIpc) is 3.32. The van der Waals surface area contributed by atoms with Crippen LogP contribution in [0.4, 0.5) is 0 Å². The Kier molecular flexibility index (Phi) is 3.68. The number of thioether (sulfide) groups is 1. The standard InChI is InChI=1S/C19H21NO3S2/c1-22-12-6-5-10(8-13(12)23-2)15-14-9-3-4-11(7-9)16(14)24-18-17(15)25-19(21)20-18/h5-6,8-9,11,14-16H,3-4,7H2,1-2H3,(H,20,21)/t9-,11-,14-,15-,16-/m1/s1. The third-order valence-corrected chi connectivity index (χ3v) is 8.86. The molecule has 2 fully saturated rings. The first kappa shape index (κ1) is 15.8. The van der Waals surface area contributed by atoms with Gasteiger partial charge in [0.1, 0.15) is 0 Å². The number of rotatable bonds is 3. The van der Waals surface area contributed by atoms with Gasteiger partial charge in [0.25, 0.3) is 0 Å². The molecule has 2 heterocycles. The van der Waals surface area contributed by atoms with E-state index >= 15 is 0 Å². The Morgan fingerprint density at radius 2 is 1.92 bits per heavy atom. The maximum Gasteiger partial charge on any atom is 0.305 e. The number of hydrogen-bond donors (Lipinski definition) is 1. The van der Waals surface area contributed by atoms with Crippen molar-refractivity contribution in [1.29, 1.82) is 0 Å². The number of thiazole rings is 1. The Labute approximate surface area is 154 Å². The van der Waals surface area contributed by atoms with Gasteiger partial charge < -0.3 is 14.5 Å². The molecule has 3 aliphatic rings. The number of methoxy groups -OCH3 is 2. The normalized spacial score (nSPS) is 32.3. The number of ether oxygens (including phenoxy) is 2. The first-order valence-corrected chi connectivity index (χ1v) is 10.5. The number of H-pyrrole nitrogens is 1. The molecule has 2 aliphatic carbocycles. The quantitative estimate of drug-likeness (QED) is 0.877. The Morgan fingerprint density at radius 1 is 1.12 bits per heavy atom. The number of nitrogens with one attached hydrogen (secondary N) is 1. The molecule has 1 N–H and O–H groups in total. The second kappa shape index (κ2) is 5.81. The van der Waals surface area contributed by atoms with E-state index in [0.29, 0.717) is 17.1 Å². The molecule has 1 aliphatic heterocycles. The molecule has 1 aromatic carbocycles. The Morgan fingerprint density at radius 3 is 2.72 bits per heavy atom. The predicted molar refractivity (Wildman–Crippen MR) is 100 cm³/mol. The van der Waals surface area contributed by atoms with Crippen LogP contribution < -0.4 is 14.3 Å². The van der Waals surface area contributed by atoms with Gasteiger partial charge in [-0.1, -0.05) is 17.4 Å². The van der Waals surface area contributed by atoms with Crippen molar-refractivity contribution in [2.75, 3.05) is 14.2 Å². The van der Waals surface area contributed by atoms with E-state index < -0.39 is 0 Å². The largest absolute Gasteiger partial charge is 0.493 e. The summed E-state index contributed by atoms with van der Waals surface area (Å²) < 4.78 is 10.9. The molecule has 0 amide bonds. The molecule has 4 nitrogen and oxygen atoms in total. The molecule has 1 aromatic heterocycles. The zero-order valence-corrected chi connectivity index (χ0v) is 15.9. The summed E-state index contributed by atoms with van der Waals surface area (Å²) in [5.41, 5.74) is 1.25. The molecule has 132 valence electrons. The van der Waals surface area contributed by atoms with Crippen LogP contribution in [-0.2, 0) is 0 Å². The van der Waals surface area contributed by atoms with Gasteiger partial charge >= 0.3 is 4.87 Å². The number of hydrogen-bond acceptors (Lipinski definition) is 5. The summed E-state index contributed by atoms with van der Waals surface area (Å²) in [7, 11) is 3.34. The van der Waals surface area contributed by atoms with Crippen LogP contribution in [0.25, 0.3) is 0 Å². The fraction of sp³-hybridized carbons (Fsp3) is 0.526. The Bertz CT molecular complexity index is 874. The molecule has 2 aromatic rings. The average molecular weight is 376 g/mol. The molecular weight excluding hydrogens is 354 g/mol. The van der Waals surface area contributed by atoms with Crippen molar-refractivity contribution >= 4 is 23.1 Å². The number of aromatic amines is 1. The smallest absolute Gasteiger partial charge is 0.305 e. The summed E-state index contributed by atoms with van der Waals surface area (Å²) in [6, 6.07) is 6.25. The van der Waals surface area contributed by atoms with Gasteiger partial charge in [0, 0.05) is 16.0 Å². The fourth-order valence-corrected chi connectivity index (χ4v) is 8.16. The zero-order valence-electron chi connectivity index (χ0n) is 14.3. The summed E-state index contributed by atoms with van der Waals surface area (Å²) in [4.78, 5) is 16.4. The number of benzene rings is 1. The molecule has 0 saturated heterocycles. The molecule has 5 rings (SSSR count). The van der Waals surface area contributed by atoms with Crippen LogP contribution in [0.15, 0.2) is 28.0 Å². The molecule has 0 spiro atoms. The van der Waals surface area contributed by atoms with Gasteiger partial charge in [-0.15, -0.1) is 11.8 Å². The van der Waals surface area contributed by atoms with Crippen LogP contribution in [0.1, 0.15) is 35.6 Å². The van der Waals surface area contributed by atoms with E-state index in [9.17, 15) is 4.79 Å². The highest BCUT2D eigenvalue weighted by molar-refractivity contribution is 8.00. The summed E-state index contributed by atoms with van der Waals surface area (Å²) in [5.74, 6) is 4.03. The maximum absolute atomic E-state index is 12.1. The minimum atomic E-state index is 0.0651. The zero-order chi connectivity index (χ0) is 17.1. The molecular formula is C19H21NO3S2. The number of aromatic nitrogens is 1. The molecule has 0 radical (unpaired) electrons. The first-order valence-electron chi connectivity index (χ1n) is 8.81. The lowest BCUT2D eigenvalue weighted by Gasteiger charge is -2.40. The highest BCUT2D eigenvalue weighted by Gasteiger charge is 2.54. The van der Waals surface area contributed by atoms with Crippen LogP contribution in [0.5, 0.6) is 11.5 Å². The Balaban J connectivity index is 1.66. The van der Waals surface area contributed by atoms with Gasteiger partial charge in [0.2, 0.25) is 0 Å². The van der Waals surface area contributed by atoms with Crippen LogP contribution in [0.2, 0.25) is 0 Å². The van der Waals surface area contributed by atoms with E-state index in [2.05, 4.69) is 17.1 Å². The molecule has 5 atom stereocenters. The summed E-state index contributed by atoms with van der Waals surface area (Å²) in [6.45, 7) is 0. The summed E-state index contributed by atoms with van der Waals surface area (Å²) in [6.07, 6.45) is 4.04. The van der Waals surface area contributed by atoms with Crippen molar-refractivity contribution in [2.24, 2.45) is 17.8 Å². The van der Waals surface area contributed by atoms with Gasteiger partial charge in [0.15, 0.2) is 11.5 Å². The summed E-state index contributed by atoms with van der Waals surface area (Å²) in [5, 5.41) is 1.73. The highest BCUT2D eigenvalue weighted by Crippen LogP contribution is 2.63. The van der Waals surface area contributed by atoms with Gasteiger partial charge in [-0.25, -0.2) is 0 Å². The number of fused-ring (bicyclic) bond motifs is 6. The van der Waals surface area contributed by atoms with Crippen LogP contribution in [0, 0.1) is 17.8 Å². The Hall–Kier alpha value is -1.40. The molecule has 0 unspecified atom stereocenters. The van der Waals surface area contributed by atoms with Gasteiger partial charge in [-0.3, -0.25) is 4.79 Å². The minimum Gasteiger partial charge on any atom is -0.493 e. The first-order chi connectivity index (χ1) is 12.2. The SMILES string of the molecule is COc1ccc([C@H]2c3sc(=O)[nH]c3S[C@@H]3[C@@H]4CC[C@H](C4)[C@H]23)cc1OC. The molecule has 6 heteroatoms. The fourth-order valence-electron chi connectivity index (χ4n) is 5.27. The van der Waals surface area contributed by atoms with E-state index in [0.717, 1.165) is 28.4 Å². The predicted octanol–water partition coefficient (Wildman–Crippen LogP) is 4.11. The van der Waals surface area contributed by atoms with Crippen LogP contribution >= 0.6 is 23.1 Å². The van der Waals surface area contributed by atoms with Crippen molar-refractivity contribution in [3.63, 3.8) is 0 Å². The van der Waals surface area contributed by atoms with Gasteiger partial charge in [-0.2, -0.15) is 0 Å². The topological polar surface area (TPSA) is 51.3 Å². The van der Waals surface area contributed by atoms with E-state index in [4.69, 9.17) is 9.47 Å². The summed E-state index contributed by atoms with van der Waals surface area (Å²) >= 11 is 3.32. The lowest BCUT2D eigenvalue weighted by Crippen LogP contribution is -2.33. The van der Waals surface area contributed by atoms with E-state index in [1.165, 1.54) is 41.0 Å². The monoisotopic (exact) mass is 375 g/mol. The van der Waals surface area contributed by atoms with E-state index in [1.807, 2.05) is 17.8 Å². The lowest BCUT2D eigenvalue weighted by atomic mass is 9.75. The third kappa shape index (κ3) is 2.30. The highest BCUT2D eigenvalue weighted by atomic mass is 32.2. The second-order valence-electron chi connectivity index (χ2n) is 7.29. The maximum atomic E-state index is 12.1. The lowest BCUT2D eigenvalue weighted by molar-refractivity contribution is 0.306. The van der Waals surface area contributed by atoms with Crippen molar-refractivity contribution in [3.05, 3.63) is 38.3 Å². The molecule has 2 bridgehead atoms. The van der Waals surface area contributed by atoms with Crippen molar-refractivity contribution in [3.8, 4) is 11.5 Å².